The lowest BCUT2D eigenvalue weighted by atomic mass is 10.1. The molecule has 1 unspecified atom stereocenters. The van der Waals surface area contributed by atoms with Gasteiger partial charge in [0, 0.05) is 5.56 Å². The smallest absolute Gasteiger partial charge is 0.280 e. The second kappa shape index (κ2) is 10.3. The van der Waals surface area contributed by atoms with Gasteiger partial charge in [-0.05, 0) is 47.5 Å². The van der Waals surface area contributed by atoms with Crippen molar-refractivity contribution in [2.75, 3.05) is 0 Å². The van der Waals surface area contributed by atoms with Crippen LogP contribution in [0.4, 0.5) is 0 Å². The van der Waals surface area contributed by atoms with Crippen molar-refractivity contribution < 1.29 is 14.3 Å². The molecule has 0 bridgehead atoms. The number of fused-ring (bicyclic) bond motifs is 1. The number of carbonyl (C=O) groups excluding carboxylic acids is 1. The first-order valence-electron chi connectivity index (χ1n) is 10.4. The number of hydrazone groups is 1. The Bertz CT molecular complexity index is 1220. The van der Waals surface area contributed by atoms with E-state index in [0.29, 0.717) is 18.1 Å². The van der Waals surface area contributed by atoms with Gasteiger partial charge < -0.3 is 9.47 Å². The molecule has 0 spiro atoms. The molecule has 4 aromatic rings. The number of para-hydroxylation sites is 1. The zero-order chi connectivity index (χ0) is 22.2. The van der Waals surface area contributed by atoms with Crippen LogP contribution in [0.15, 0.2) is 102 Å². The van der Waals surface area contributed by atoms with E-state index >= 15 is 0 Å². The molecular formula is C27H24N2O3. The van der Waals surface area contributed by atoms with Crippen molar-refractivity contribution in [3.8, 4) is 11.5 Å². The third-order valence-corrected chi connectivity index (χ3v) is 4.94. The SMILES string of the molecule is CC(Oc1ccc2ccccc2c1)C(=O)NN=Cc1ccccc1OCc1ccccc1. The largest absolute Gasteiger partial charge is 0.488 e. The van der Waals surface area contributed by atoms with Crippen molar-refractivity contribution in [3.05, 3.63) is 108 Å². The number of amides is 1. The molecule has 0 aromatic heterocycles. The predicted octanol–water partition coefficient (Wildman–Crippen LogP) is 5.34. The van der Waals surface area contributed by atoms with E-state index in [4.69, 9.17) is 9.47 Å². The molecule has 160 valence electrons. The quantitative estimate of drug-likeness (QED) is 0.307. The highest BCUT2D eigenvalue weighted by Crippen LogP contribution is 2.21. The van der Waals surface area contributed by atoms with E-state index in [9.17, 15) is 4.79 Å². The fourth-order valence-electron chi connectivity index (χ4n) is 3.21. The van der Waals surface area contributed by atoms with E-state index < -0.39 is 6.10 Å². The Hall–Kier alpha value is -4.12. The van der Waals surface area contributed by atoms with E-state index in [1.54, 1.807) is 13.1 Å². The van der Waals surface area contributed by atoms with Crippen LogP contribution >= 0.6 is 0 Å². The summed E-state index contributed by atoms with van der Waals surface area (Å²) in [5.74, 6) is 0.988. The van der Waals surface area contributed by atoms with Gasteiger partial charge in [0.2, 0.25) is 0 Å². The fraction of sp³-hybridized carbons (Fsp3) is 0.111. The summed E-state index contributed by atoms with van der Waals surface area (Å²) in [4.78, 5) is 12.4. The van der Waals surface area contributed by atoms with Crippen LogP contribution < -0.4 is 14.9 Å². The molecule has 0 aliphatic rings. The van der Waals surface area contributed by atoms with Crippen LogP contribution in [0.2, 0.25) is 0 Å². The molecule has 5 heteroatoms. The maximum atomic E-state index is 12.4. The number of ether oxygens (including phenoxy) is 2. The minimum atomic E-state index is -0.696. The number of nitrogens with one attached hydrogen (secondary N) is 1. The summed E-state index contributed by atoms with van der Waals surface area (Å²) in [7, 11) is 0. The molecule has 1 atom stereocenters. The van der Waals surface area contributed by atoms with Gasteiger partial charge in [-0.1, -0.05) is 72.8 Å². The van der Waals surface area contributed by atoms with Crippen molar-refractivity contribution in [2.24, 2.45) is 5.10 Å². The minimum absolute atomic E-state index is 0.336. The second-order valence-corrected chi connectivity index (χ2v) is 7.32. The molecule has 32 heavy (non-hydrogen) atoms. The first-order valence-corrected chi connectivity index (χ1v) is 10.4. The molecule has 1 N–H and O–H groups in total. The van der Waals surface area contributed by atoms with Gasteiger partial charge in [-0.15, -0.1) is 0 Å². The lowest BCUT2D eigenvalue weighted by Gasteiger charge is -2.13. The first kappa shape index (κ1) is 21.1. The first-order chi connectivity index (χ1) is 15.7. The van der Waals surface area contributed by atoms with E-state index in [1.807, 2.05) is 97.1 Å². The lowest BCUT2D eigenvalue weighted by molar-refractivity contribution is -0.127. The maximum absolute atomic E-state index is 12.4. The highest BCUT2D eigenvalue weighted by Gasteiger charge is 2.14. The third kappa shape index (κ3) is 5.52. The molecule has 0 saturated heterocycles. The molecule has 4 rings (SSSR count). The molecule has 5 nitrogen and oxygen atoms in total. The van der Waals surface area contributed by atoms with Gasteiger partial charge in [-0.3, -0.25) is 4.79 Å². The van der Waals surface area contributed by atoms with Crippen LogP contribution in [-0.2, 0) is 11.4 Å². The predicted molar refractivity (Wildman–Crippen MR) is 127 cm³/mol. The molecule has 0 radical (unpaired) electrons. The molecule has 0 fully saturated rings. The van der Waals surface area contributed by atoms with Gasteiger partial charge in [0.15, 0.2) is 6.10 Å². The van der Waals surface area contributed by atoms with E-state index in [2.05, 4.69) is 10.5 Å². The Morgan fingerprint density at radius 2 is 1.62 bits per heavy atom. The van der Waals surface area contributed by atoms with Crippen LogP contribution in [0.5, 0.6) is 11.5 Å². The zero-order valence-electron chi connectivity index (χ0n) is 17.8. The van der Waals surface area contributed by atoms with Crippen molar-refractivity contribution in [3.63, 3.8) is 0 Å². The van der Waals surface area contributed by atoms with Crippen LogP contribution in [0.3, 0.4) is 0 Å². The normalized spacial score (nSPS) is 11.9. The van der Waals surface area contributed by atoms with Crippen LogP contribution in [0, 0.1) is 0 Å². The summed E-state index contributed by atoms with van der Waals surface area (Å²) < 4.78 is 11.7. The van der Waals surface area contributed by atoms with Gasteiger partial charge in [-0.2, -0.15) is 5.10 Å². The molecule has 0 aliphatic carbocycles. The minimum Gasteiger partial charge on any atom is -0.488 e. The summed E-state index contributed by atoms with van der Waals surface area (Å²) in [5.41, 5.74) is 4.39. The molecule has 0 saturated carbocycles. The van der Waals surface area contributed by atoms with Crippen molar-refractivity contribution in [2.45, 2.75) is 19.6 Å². The fourth-order valence-corrected chi connectivity index (χ4v) is 3.21. The topological polar surface area (TPSA) is 59.9 Å². The summed E-state index contributed by atoms with van der Waals surface area (Å²) >= 11 is 0. The summed E-state index contributed by atoms with van der Waals surface area (Å²) in [6.45, 7) is 2.14. The van der Waals surface area contributed by atoms with Gasteiger partial charge in [0.25, 0.3) is 5.91 Å². The van der Waals surface area contributed by atoms with Gasteiger partial charge >= 0.3 is 0 Å². The van der Waals surface area contributed by atoms with E-state index in [0.717, 1.165) is 21.9 Å². The standard InChI is InChI=1S/C27H24N2O3/c1-20(32-25-16-15-22-11-5-6-12-23(22)17-25)27(30)29-28-18-24-13-7-8-14-26(24)31-19-21-9-3-2-4-10-21/h2-18,20H,19H2,1H3,(H,29,30). The summed E-state index contributed by atoms with van der Waals surface area (Å²) in [5, 5.41) is 6.26. The highest BCUT2D eigenvalue weighted by atomic mass is 16.5. The number of hydrogen-bond donors (Lipinski definition) is 1. The van der Waals surface area contributed by atoms with Gasteiger partial charge in [0.05, 0.1) is 6.21 Å². The maximum Gasteiger partial charge on any atom is 0.280 e. The second-order valence-electron chi connectivity index (χ2n) is 7.32. The van der Waals surface area contributed by atoms with Crippen LogP contribution in [0.1, 0.15) is 18.1 Å². The number of benzene rings is 4. The van der Waals surface area contributed by atoms with E-state index in [1.165, 1.54) is 0 Å². The van der Waals surface area contributed by atoms with Crippen LogP contribution in [-0.4, -0.2) is 18.2 Å². The number of carbonyl (C=O) groups is 1. The van der Waals surface area contributed by atoms with Crippen molar-refractivity contribution >= 4 is 22.9 Å². The zero-order valence-corrected chi connectivity index (χ0v) is 17.8. The Morgan fingerprint density at radius 1 is 0.906 bits per heavy atom. The average molecular weight is 425 g/mol. The van der Waals surface area contributed by atoms with Crippen LogP contribution in [0.25, 0.3) is 10.8 Å². The third-order valence-electron chi connectivity index (χ3n) is 4.94. The Morgan fingerprint density at radius 3 is 2.47 bits per heavy atom. The number of rotatable bonds is 8. The Kier molecular flexibility index (Phi) is 6.78. The molecule has 0 aliphatic heterocycles. The monoisotopic (exact) mass is 424 g/mol. The lowest BCUT2D eigenvalue weighted by Crippen LogP contribution is -2.33. The molecule has 0 heterocycles. The van der Waals surface area contributed by atoms with Crippen molar-refractivity contribution in [1.82, 2.24) is 5.43 Å². The summed E-state index contributed by atoms with van der Waals surface area (Å²) in [6.07, 6.45) is 0.874. The number of nitrogens with zero attached hydrogens (tertiary/aromatic N) is 1. The highest BCUT2D eigenvalue weighted by molar-refractivity contribution is 5.87. The average Bonchev–Trinajstić information content (AvgIpc) is 2.84. The molecule has 1 amide bonds. The van der Waals surface area contributed by atoms with Crippen molar-refractivity contribution in [1.29, 1.82) is 0 Å². The Labute approximate surface area is 187 Å². The molecular weight excluding hydrogens is 400 g/mol. The van der Waals surface area contributed by atoms with E-state index in [-0.39, 0.29) is 5.91 Å². The summed E-state index contributed by atoms with van der Waals surface area (Å²) in [6, 6.07) is 31.2. The molecule has 4 aromatic carbocycles. The number of hydrogen-bond acceptors (Lipinski definition) is 4. The Balaban J connectivity index is 1.34. The van der Waals surface area contributed by atoms with Gasteiger partial charge in [-0.25, -0.2) is 5.43 Å². The van der Waals surface area contributed by atoms with Gasteiger partial charge in [0.1, 0.15) is 18.1 Å².